The fourth-order valence-electron chi connectivity index (χ4n) is 1.44. The standard InChI is InChI=1S/C12H9ClF2N2/c13-9(12-16-4-1-5-17-12)6-8-2-3-10(14)11(15)7-8/h1-5,7,9H,6H2. The van der Waals surface area contributed by atoms with Gasteiger partial charge in [-0.1, -0.05) is 6.07 Å². The highest BCUT2D eigenvalue weighted by atomic mass is 35.5. The molecule has 1 aromatic heterocycles. The highest BCUT2D eigenvalue weighted by molar-refractivity contribution is 6.20. The summed E-state index contributed by atoms with van der Waals surface area (Å²) in [6.07, 6.45) is 3.52. The Hall–Kier alpha value is -1.55. The van der Waals surface area contributed by atoms with Crippen LogP contribution in [0.4, 0.5) is 8.78 Å². The summed E-state index contributed by atoms with van der Waals surface area (Å²) in [5.74, 6) is -1.27. The van der Waals surface area contributed by atoms with E-state index in [1.165, 1.54) is 6.07 Å². The van der Waals surface area contributed by atoms with E-state index in [1.54, 1.807) is 18.5 Å². The Morgan fingerprint density at radius 2 is 1.82 bits per heavy atom. The summed E-state index contributed by atoms with van der Waals surface area (Å²) in [5, 5.41) is -0.457. The van der Waals surface area contributed by atoms with Gasteiger partial charge in [0.15, 0.2) is 11.6 Å². The first kappa shape index (κ1) is 11.9. The first-order valence-electron chi connectivity index (χ1n) is 5.01. The first-order valence-corrected chi connectivity index (χ1v) is 5.45. The second-order valence-electron chi connectivity index (χ2n) is 3.53. The van der Waals surface area contributed by atoms with Crippen LogP contribution in [0.2, 0.25) is 0 Å². The molecule has 0 N–H and O–H groups in total. The monoisotopic (exact) mass is 254 g/mol. The molecule has 2 nitrogen and oxygen atoms in total. The van der Waals surface area contributed by atoms with E-state index in [2.05, 4.69) is 9.97 Å². The van der Waals surface area contributed by atoms with Crippen molar-refractivity contribution in [3.8, 4) is 0 Å². The van der Waals surface area contributed by atoms with E-state index >= 15 is 0 Å². The summed E-state index contributed by atoms with van der Waals surface area (Å²) >= 11 is 6.09. The lowest BCUT2D eigenvalue weighted by molar-refractivity contribution is 0.507. The lowest BCUT2D eigenvalue weighted by Gasteiger charge is -2.07. The van der Waals surface area contributed by atoms with Crippen LogP contribution in [-0.2, 0) is 6.42 Å². The van der Waals surface area contributed by atoms with Gasteiger partial charge < -0.3 is 0 Å². The Morgan fingerprint density at radius 3 is 2.47 bits per heavy atom. The fraction of sp³-hybridized carbons (Fsp3) is 0.167. The second-order valence-corrected chi connectivity index (χ2v) is 4.05. The molecule has 0 radical (unpaired) electrons. The molecule has 0 amide bonds. The number of rotatable bonds is 3. The van der Waals surface area contributed by atoms with Gasteiger partial charge in [-0.25, -0.2) is 18.7 Å². The number of nitrogens with zero attached hydrogens (tertiary/aromatic N) is 2. The van der Waals surface area contributed by atoms with Crippen molar-refractivity contribution in [2.45, 2.75) is 11.8 Å². The molecule has 2 aromatic rings. The Balaban J connectivity index is 2.13. The molecule has 1 atom stereocenters. The molecule has 0 saturated heterocycles. The number of halogens is 3. The largest absolute Gasteiger partial charge is 0.240 e. The van der Waals surface area contributed by atoms with Crippen molar-refractivity contribution in [2.75, 3.05) is 0 Å². The Kier molecular flexibility index (Phi) is 3.64. The highest BCUT2D eigenvalue weighted by Gasteiger charge is 2.12. The van der Waals surface area contributed by atoms with E-state index in [9.17, 15) is 8.78 Å². The van der Waals surface area contributed by atoms with Gasteiger partial charge in [0, 0.05) is 12.4 Å². The van der Waals surface area contributed by atoms with Crippen molar-refractivity contribution in [3.05, 3.63) is 59.7 Å². The first-order chi connectivity index (χ1) is 8.16. The van der Waals surface area contributed by atoms with Crippen molar-refractivity contribution >= 4 is 11.6 Å². The van der Waals surface area contributed by atoms with Gasteiger partial charge in [0.1, 0.15) is 5.82 Å². The van der Waals surface area contributed by atoms with Crippen LogP contribution in [0, 0.1) is 11.6 Å². The fourth-order valence-corrected chi connectivity index (χ4v) is 1.73. The van der Waals surface area contributed by atoms with E-state index in [0.717, 1.165) is 12.1 Å². The smallest absolute Gasteiger partial charge is 0.159 e. The third kappa shape index (κ3) is 2.97. The van der Waals surface area contributed by atoms with Gasteiger partial charge in [-0.05, 0) is 30.2 Å². The van der Waals surface area contributed by atoms with Gasteiger partial charge in [-0.2, -0.15) is 0 Å². The second kappa shape index (κ2) is 5.19. The van der Waals surface area contributed by atoms with E-state index in [1.807, 2.05) is 0 Å². The van der Waals surface area contributed by atoms with E-state index in [-0.39, 0.29) is 0 Å². The molecule has 5 heteroatoms. The molecule has 0 aliphatic heterocycles. The van der Waals surface area contributed by atoms with Gasteiger partial charge in [-0.15, -0.1) is 11.6 Å². The predicted octanol–water partition coefficient (Wildman–Crippen LogP) is 3.28. The van der Waals surface area contributed by atoms with Crippen molar-refractivity contribution in [2.24, 2.45) is 0 Å². The Labute approximate surface area is 102 Å². The predicted molar refractivity (Wildman–Crippen MR) is 60.7 cm³/mol. The third-order valence-electron chi connectivity index (χ3n) is 2.26. The van der Waals surface area contributed by atoms with Crippen LogP contribution >= 0.6 is 11.6 Å². The summed E-state index contributed by atoms with van der Waals surface area (Å²) in [4.78, 5) is 8.01. The van der Waals surface area contributed by atoms with Gasteiger partial charge >= 0.3 is 0 Å². The zero-order valence-corrected chi connectivity index (χ0v) is 9.53. The highest BCUT2D eigenvalue weighted by Crippen LogP contribution is 2.22. The Morgan fingerprint density at radius 1 is 1.12 bits per heavy atom. The summed E-state index contributed by atoms with van der Waals surface area (Å²) in [6, 6.07) is 5.40. The average molecular weight is 255 g/mol. The van der Waals surface area contributed by atoms with Crippen LogP contribution in [0.3, 0.4) is 0 Å². The van der Waals surface area contributed by atoms with Crippen LogP contribution in [0.15, 0.2) is 36.7 Å². The van der Waals surface area contributed by atoms with Crippen LogP contribution in [0.25, 0.3) is 0 Å². The summed E-state index contributed by atoms with van der Waals surface area (Å²) in [6.45, 7) is 0. The minimum Gasteiger partial charge on any atom is -0.240 e. The molecule has 0 bridgehead atoms. The lowest BCUT2D eigenvalue weighted by atomic mass is 10.1. The van der Waals surface area contributed by atoms with Crippen LogP contribution in [0.5, 0.6) is 0 Å². The third-order valence-corrected chi connectivity index (χ3v) is 2.61. The summed E-state index contributed by atoms with van der Waals surface area (Å²) in [5.41, 5.74) is 0.608. The molecule has 0 fully saturated rings. The molecule has 0 saturated carbocycles. The SMILES string of the molecule is Fc1ccc(CC(Cl)c2ncccn2)cc1F. The molecule has 0 spiro atoms. The molecule has 1 aromatic carbocycles. The quantitative estimate of drug-likeness (QED) is 0.786. The Bertz CT molecular complexity index is 505. The summed E-state index contributed by atoms with van der Waals surface area (Å²) < 4.78 is 25.7. The molecule has 2 rings (SSSR count). The van der Waals surface area contributed by atoms with Crippen molar-refractivity contribution < 1.29 is 8.78 Å². The molecule has 0 aliphatic carbocycles. The molecule has 1 unspecified atom stereocenters. The molecule has 88 valence electrons. The zero-order valence-electron chi connectivity index (χ0n) is 8.78. The van der Waals surface area contributed by atoms with Crippen LogP contribution in [0.1, 0.15) is 16.8 Å². The maximum atomic E-state index is 13.0. The molecular formula is C12H9ClF2N2. The zero-order chi connectivity index (χ0) is 12.3. The van der Waals surface area contributed by atoms with Crippen LogP contribution < -0.4 is 0 Å². The minimum absolute atomic E-state index is 0.350. The maximum Gasteiger partial charge on any atom is 0.159 e. The maximum absolute atomic E-state index is 13.0. The lowest BCUT2D eigenvalue weighted by Crippen LogP contribution is -2.01. The summed E-state index contributed by atoms with van der Waals surface area (Å²) in [7, 11) is 0. The van der Waals surface area contributed by atoms with Gasteiger partial charge in [0.2, 0.25) is 0 Å². The van der Waals surface area contributed by atoms with Crippen molar-refractivity contribution in [1.29, 1.82) is 0 Å². The molecule has 17 heavy (non-hydrogen) atoms. The van der Waals surface area contributed by atoms with Crippen LogP contribution in [-0.4, -0.2) is 9.97 Å². The van der Waals surface area contributed by atoms with E-state index < -0.39 is 17.0 Å². The van der Waals surface area contributed by atoms with Gasteiger partial charge in [-0.3, -0.25) is 0 Å². The number of hydrogen-bond donors (Lipinski definition) is 0. The van der Waals surface area contributed by atoms with Crippen molar-refractivity contribution in [3.63, 3.8) is 0 Å². The number of alkyl halides is 1. The van der Waals surface area contributed by atoms with Gasteiger partial charge in [0.25, 0.3) is 0 Å². The topological polar surface area (TPSA) is 25.8 Å². The molecular weight excluding hydrogens is 246 g/mol. The van der Waals surface area contributed by atoms with Gasteiger partial charge in [0.05, 0.1) is 5.38 Å². The minimum atomic E-state index is -0.875. The number of benzene rings is 1. The van der Waals surface area contributed by atoms with Crippen molar-refractivity contribution in [1.82, 2.24) is 9.97 Å². The normalized spacial score (nSPS) is 12.4. The number of aromatic nitrogens is 2. The molecule has 1 heterocycles. The average Bonchev–Trinajstić information content (AvgIpc) is 2.35. The van der Waals surface area contributed by atoms with E-state index in [4.69, 9.17) is 11.6 Å². The molecule has 0 aliphatic rings. The number of hydrogen-bond acceptors (Lipinski definition) is 2. The van der Waals surface area contributed by atoms with E-state index in [0.29, 0.717) is 17.8 Å².